The summed E-state index contributed by atoms with van der Waals surface area (Å²) < 4.78 is 3.16. The Bertz CT molecular complexity index is 436. The third-order valence-electron chi connectivity index (χ3n) is 1.63. The molecule has 0 aromatic carbocycles. The van der Waals surface area contributed by atoms with E-state index in [1.54, 1.807) is 0 Å². The lowest BCUT2D eigenvalue weighted by molar-refractivity contribution is 1.08. The zero-order valence-corrected chi connectivity index (χ0v) is 9.30. The lowest BCUT2D eigenvalue weighted by Gasteiger charge is -1.97. The van der Waals surface area contributed by atoms with Crippen LogP contribution in [0, 0.1) is 10.5 Å². The van der Waals surface area contributed by atoms with Crippen molar-refractivity contribution in [1.82, 2.24) is 9.38 Å². The van der Waals surface area contributed by atoms with Crippen LogP contribution in [0.5, 0.6) is 0 Å². The van der Waals surface area contributed by atoms with Gasteiger partial charge in [-0.1, -0.05) is 11.6 Å². The van der Waals surface area contributed by atoms with E-state index in [0.29, 0.717) is 5.15 Å². The van der Waals surface area contributed by atoms with E-state index in [9.17, 15) is 0 Å². The van der Waals surface area contributed by atoms with Crippen molar-refractivity contribution in [2.45, 2.75) is 6.92 Å². The summed E-state index contributed by atoms with van der Waals surface area (Å²) in [6.45, 7) is 1.93. The predicted octanol–water partition coefficient (Wildman–Crippen LogP) is 2.90. The number of aromatic nitrogens is 2. The van der Waals surface area contributed by atoms with Gasteiger partial charge in [0.1, 0.15) is 0 Å². The van der Waals surface area contributed by atoms with Gasteiger partial charge >= 0.3 is 0 Å². The van der Waals surface area contributed by atoms with Gasteiger partial charge in [0, 0.05) is 16.0 Å². The van der Waals surface area contributed by atoms with Crippen LogP contribution in [0.25, 0.3) is 5.52 Å². The highest BCUT2D eigenvalue weighted by Gasteiger charge is 2.02. The number of fused-ring (bicyclic) bond motifs is 1. The molecule has 2 aromatic heterocycles. The summed E-state index contributed by atoms with van der Waals surface area (Å²) in [6.07, 6.45) is 3.99. The minimum Gasteiger partial charge on any atom is -0.318 e. The highest BCUT2D eigenvalue weighted by Crippen LogP contribution is 2.19. The van der Waals surface area contributed by atoms with Crippen LogP contribution in [0.3, 0.4) is 0 Å². The third kappa shape index (κ3) is 1.31. The van der Waals surface area contributed by atoms with Crippen molar-refractivity contribution in [1.29, 1.82) is 0 Å². The third-order valence-corrected chi connectivity index (χ3v) is 2.50. The quantitative estimate of drug-likeness (QED) is 0.683. The highest BCUT2D eigenvalue weighted by molar-refractivity contribution is 14.1. The molecule has 0 N–H and O–H groups in total. The summed E-state index contributed by atoms with van der Waals surface area (Å²) in [5.74, 6) is 0. The van der Waals surface area contributed by atoms with Crippen molar-refractivity contribution in [3.05, 3.63) is 32.9 Å². The van der Waals surface area contributed by atoms with E-state index in [1.807, 2.05) is 29.8 Å². The lowest BCUT2D eigenvalue weighted by atomic mass is 10.5. The van der Waals surface area contributed by atoms with Gasteiger partial charge in [-0.25, -0.2) is 4.98 Å². The molecule has 2 rings (SSSR count). The number of aryl methyl sites for hydroxylation is 1. The zero-order chi connectivity index (χ0) is 8.72. The summed E-state index contributed by atoms with van der Waals surface area (Å²) in [7, 11) is 0. The van der Waals surface area contributed by atoms with Crippen molar-refractivity contribution in [2.24, 2.45) is 0 Å². The van der Waals surface area contributed by atoms with Crippen LogP contribution in [0.15, 0.2) is 18.5 Å². The van der Waals surface area contributed by atoms with E-state index in [4.69, 9.17) is 11.6 Å². The Balaban J connectivity index is 2.88. The van der Waals surface area contributed by atoms with Gasteiger partial charge in [-0.2, -0.15) is 0 Å². The fraction of sp³-hybridized carbons (Fsp3) is 0.125. The van der Waals surface area contributed by atoms with Gasteiger partial charge in [0.15, 0.2) is 5.15 Å². The Morgan fingerprint density at radius 1 is 1.50 bits per heavy atom. The molecule has 2 nitrogen and oxygen atoms in total. The minimum atomic E-state index is 0.568. The standard InChI is InChI=1S/C8H6ClIN2/c1-5-3-12-4-6(10)2-7(12)8(9)11-5/h2-4H,1H3. The molecular weight excluding hydrogens is 286 g/mol. The van der Waals surface area contributed by atoms with Crippen LogP contribution < -0.4 is 0 Å². The lowest BCUT2D eigenvalue weighted by Crippen LogP contribution is -1.89. The van der Waals surface area contributed by atoms with E-state index in [1.165, 1.54) is 3.57 Å². The Hall–Kier alpha value is -0.290. The van der Waals surface area contributed by atoms with Crippen LogP contribution in [0.4, 0.5) is 0 Å². The number of halogens is 2. The normalized spacial score (nSPS) is 10.9. The molecule has 2 heterocycles. The number of hydrogen-bond donors (Lipinski definition) is 0. The fourth-order valence-corrected chi connectivity index (χ4v) is 2.04. The van der Waals surface area contributed by atoms with E-state index in [-0.39, 0.29) is 0 Å². The molecule has 2 aromatic rings. The van der Waals surface area contributed by atoms with Gasteiger partial charge in [0.05, 0.1) is 11.2 Å². The molecular formula is C8H6ClIN2. The summed E-state index contributed by atoms with van der Waals surface area (Å²) in [5.41, 5.74) is 1.89. The molecule has 0 aliphatic heterocycles. The van der Waals surface area contributed by atoms with Gasteiger partial charge in [-0.15, -0.1) is 0 Å². The average molecular weight is 293 g/mol. The van der Waals surface area contributed by atoms with Crippen LogP contribution in [0.2, 0.25) is 5.15 Å². The van der Waals surface area contributed by atoms with Crippen LogP contribution in [-0.4, -0.2) is 9.38 Å². The predicted molar refractivity (Wildman–Crippen MR) is 57.7 cm³/mol. The van der Waals surface area contributed by atoms with Gasteiger partial charge < -0.3 is 4.40 Å². The Labute approximate surface area is 88.7 Å². The maximum atomic E-state index is 5.94. The Morgan fingerprint density at radius 2 is 2.25 bits per heavy atom. The average Bonchev–Trinajstić information content (AvgIpc) is 2.29. The van der Waals surface area contributed by atoms with Gasteiger partial charge in [-0.3, -0.25) is 0 Å². The number of rotatable bonds is 0. The molecule has 0 fully saturated rings. The molecule has 0 aliphatic carbocycles. The first kappa shape index (κ1) is 8.31. The van der Waals surface area contributed by atoms with Crippen LogP contribution >= 0.6 is 34.2 Å². The van der Waals surface area contributed by atoms with Crippen molar-refractivity contribution in [3.63, 3.8) is 0 Å². The second kappa shape index (κ2) is 2.88. The van der Waals surface area contributed by atoms with Gasteiger partial charge in [-0.05, 0) is 35.6 Å². The molecule has 0 saturated carbocycles. The second-order valence-electron chi connectivity index (χ2n) is 2.62. The number of nitrogens with zero attached hydrogens (tertiary/aromatic N) is 2. The van der Waals surface area contributed by atoms with Crippen molar-refractivity contribution < 1.29 is 0 Å². The summed E-state index contributed by atoms with van der Waals surface area (Å²) in [4.78, 5) is 4.16. The largest absolute Gasteiger partial charge is 0.318 e. The number of hydrogen-bond acceptors (Lipinski definition) is 1. The monoisotopic (exact) mass is 292 g/mol. The topological polar surface area (TPSA) is 17.3 Å². The first-order valence-corrected chi connectivity index (χ1v) is 4.93. The van der Waals surface area contributed by atoms with E-state index in [0.717, 1.165) is 11.2 Å². The summed E-state index contributed by atoms with van der Waals surface area (Å²) in [6, 6.07) is 2.01. The fourth-order valence-electron chi connectivity index (χ4n) is 1.16. The smallest absolute Gasteiger partial charge is 0.153 e. The molecule has 0 bridgehead atoms. The maximum absolute atomic E-state index is 5.94. The van der Waals surface area contributed by atoms with Gasteiger partial charge in [0.25, 0.3) is 0 Å². The Kier molecular flexibility index (Phi) is 2.00. The van der Waals surface area contributed by atoms with Crippen molar-refractivity contribution in [2.75, 3.05) is 0 Å². The van der Waals surface area contributed by atoms with Gasteiger partial charge in [0.2, 0.25) is 0 Å². The minimum absolute atomic E-state index is 0.568. The van der Waals surface area contributed by atoms with Crippen molar-refractivity contribution >= 4 is 39.7 Å². The maximum Gasteiger partial charge on any atom is 0.153 e. The molecule has 62 valence electrons. The first-order valence-electron chi connectivity index (χ1n) is 3.47. The molecule has 0 saturated heterocycles. The van der Waals surface area contributed by atoms with Crippen LogP contribution in [0.1, 0.15) is 5.69 Å². The molecule has 0 unspecified atom stereocenters. The highest BCUT2D eigenvalue weighted by atomic mass is 127. The Morgan fingerprint density at radius 3 is 3.00 bits per heavy atom. The molecule has 0 radical (unpaired) electrons. The molecule has 0 aliphatic rings. The zero-order valence-electron chi connectivity index (χ0n) is 6.38. The second-order valence-corrected chi connectivity index (χ2v) is 4.23. The van der Waals surface area contributed by atoms with E-state index in [2.05, 4.69) is 27.6 Å². The molecule has 4 heteroatoms. The SMILES string of the molecule is Cc1cn2cc(I)cc2c(Cl)n1. The molecule has 0 spiro atoms. The summed E-state index contributed by atoms with van der Waals surface area (Å²) >= 11 is 8.19. The molecule has 12 heavy (non-hydrogen) atoms. The first-order chi connectivity index (χ1) is 5.66. The van der Waals surface area contributed by atoms with Crippen LogP contribution in [-0.2, 0) is 0 Å². The molecule has 0 amide bonds. The van der Waals surface area contributed by atoms with E-state index >= 15 is 0 Å². The molecule has 0 atom stereocenters. The summed E-state index contributed by atoms with van der Waals surface area (Å²) in [5, 5.41) is 0.568. The van der Waals surface area contributed by atoms with Crippen molar-refractivity contribution in [3.8, 4) is 0 Å². The van der Waals surface area contributed by atoms with E-state index < -0.39 is 0 Å².